The lowest BCUT2D eigenvalue weighted by molar-refractivity contribution is -0.137. The number of aryl methyl sites for hydroxylation is 2. The monoisotopic (exact) mass is 430 g/mol. The number of anilines is 1. The van der Waals surface area contributed by atoms with Crippen LogP contribution in [0.25, 0.3) is 10.2 Å². The number of aromatic nitrogens is 2. The Balaban J connectivity index is 0.000000735. The maximum Gasteiger partial charge on any atom is 0.303 e. The molecule has 3 rings (SSSR count). The van der Waals surface area contributed by atoms with Crippen LogP contribution in [0.3, 0.4) is 0 Å². The molecule has 0 aliphatic heterocycles. The summed E-state index contributed by atoms with van der Waals surface area (Å²) in [4.78, 5) is 22.4. The highest BCUT2D eigenvalue weighted by Crippen LogP contribution is 2.30. The van der Waals surface area contributed by atoms with Crippen molar-refractivity contribution in [2.24, 2.45) is 5.73 Å². The molecule has 8 heteroatoms. The Labute approximate surface area is 181 Å². The summed E-state index contributed by atoms with van der Waals surface area (Å²) in [5.74, 6) is 0.892. The average molecular weight is 431 g/mol. The number of aliphatic hydroxyl groups excluding tert-OH is 1. The molecule has 2 aromatic heterocycles. The van der Waals surface area contributed by atoms with Gasteiger partial charge >= 0.3 is 5.97 Å². The van der Waals surface area contributed by atoms with E-state index in [9.17, 15) is 4.79 Å². The molecule has 2 heterocycles. The zero-order chi connectivity index (χ0) is 21.8. The van der Waals surface area contributed by atoms with Crippen molar-refractivity contribution in [3.05, 3.63) is 52.7 Å². The fourth-order valence-electron chi connectivity index (χ4n) is 2.78. The van der Waals surface area contributed by atoms with E-state index in [-0.39, 0.29) is 13.0 Å². The molecule has 0 bridgehead atoms. The summed E-state index contributed by atoms with van der Waals surface area (Å²) in [6, 6.07) is 12.4. The highest BCUT2D eigenvalue weighted by molar-refractivity contribution is 7.18. The van der Waals surface area contributed by atoms with Gasteiger partial charge in [-0.05, 0) is 30.9 Å². The van der Waals surface area contributed by atoms with Crippen molar-refractivity contribution in [3.8, 4) is 0 Å². The van der Waals surface area contributed by atoms with Crippen molar-refractivity contribution >= 4 is 33.3 Å². The number of nitrogens with two attached hydrogens (primary N) is 1. The number of hydrogen-bond donors (Lipinski definition) is 4. The molecule has 30 heavy (non-hydrogen) atoms. The number of nitrogens with zero attached hydrogens (tertiary/aromatic N) is 2. The second-order valence-electron chi connectivity index (χ2n) is 6.73. The van der Waals surface area contributed by atoms with Gasteiger partial charge in [-0.2, -0.15) is 0 Å². The molecule has 162 valence electrons. The lowest BCUT2D eigenvalue weighted by Crippen LogP contribution is -2.05. The van der Waals surface area contributed by atoms with Gasteiger partial charge in [0.15, 0.2) is 0 Å². The smallest absolute Gasteiger partial charge is 0.303 e. The largest absolute Gasteiger partial charge is 0.481 e. The molecule has 0 fully saturated rings. The van der Waals surface area contributed by atoms with Gasteiger partial charge in [-0.25, -0.2) is 9.97 Å². The van der Waals surface area contributed by atoms with Crippen LogP contribution in [0.2, 0.25) is 0 Å². The summed E-state index contributed by atoms with van der Waals surface area (Å²) in [5, 5.41) is 21.0. The van der Waals surface area contributed by atoms with E-state index in [1.54, 1.807) is 11.3 Å². The second kappa shape index (κ2) is 12.9. The number of aliphatic hydroxyl groups is 1. The summed E-state index contributed by atoms with van der Waals surface area (Å²) in [6.07, 6.45) is 3.30. The maximum atomic E-state index is 10.7. The van der Waals surface area contributed by atoms with Crippen LogP contribution >= 0.6 is 11.3 Å². The minimum absolute atomic E-state index is 0.0972. The van der Waals surface area contributed by atoms with E-state index >= 15 is 0 Å². The van der Waals surface area contributed by atoms with Gasteiger partial charge in [0.25, 0.3) is 0 Å². The summed E-state index contributed by atoms with van der Waals surface area (Å²) >= 11 is 1.71. The quantitative estimate of drug-likeness (QED) is 0.363. The van der Waals surface area contributed by atoms with Crippen LogP contribution in [0.5, 0.6) is 0 Å². The topological polar surface area (TPSA) is 121 Å². The molecule has 3 aromatic rings. The van der Waals surface area contributed by atoms with Crippen LogP contribution in [-0.2, 0) is 24.2 Å². The Kier molecular flexibility index (Phi) is 10.2. The molecule has 0 saturated heterocycles. The summed E-state index contributed by atoms with van der Waals surface area (Å²) in [7, 11) is 0. The highest BCUT2D eigenvalue weighted by Gasteiger charge is 2.11. The van der Waals surface area contributed by atoms with Crippen molar-refractivity contribution in [1.82, 2.24) is 9.97 Å². The maximum absolute atomic E-state index is 10.7. The Morgan fingerprint density at radius 1 is 1.20 bits per heavy atom. The number of thiophene rings is 1. The zero-order valence-electron chi connectivity index (χ0n) is 17.3. The van der Waals surface area contributed by atoms with Crippen LogP contribution in [0, 0.1) is 0 Å². The van der Waals surface area contributed by atoms with Gasteiger partial charge in [-0.3, -0.25) is 4.79 Å². The number of hydrogen-bond acceptors (Lipinski definition) is 7. The van der Waals surface area contributed by atoms with Gasteiger partial charge in [-0.15, -0.1) is 11.3 Å². The predicted octanol–water partition coefficient (Wildman–Crippen LogP) is 3.60. The molecular formula is C22H30N4O3S. The number of carbonyl (C=O) groups is 1. The van der Waals surface area contributed by atoms with Crippen molar-refractivity contribution in [2.45, 2.75) is 45.6 Å². The SMILES string of the molecule is CCc1cc2c(NCc3ccccc3)nc(CCCCC(=O)O)nc2s1.NCCO. The number of benzene rings is 1. The predicted molar refractivity (Wildman–Crippen MR) is 122 cm³/mol. The van der Waals surface area contributed by atoms with Gasteiger partial charge in [-0.1, -0.05) is 37.3 Å². The molecule has 5 N–H and O–H groups in total. The first kappa shape index (κ1) is 23.7. The van der Waals surface area contributed by atoms with E-state index in [0.29, 0.717) is 25.9 Å². The Hall–Kier alpha value is -2.55. The third kappa shape index (κ3) is 7.70. The fourth-order valence-corrected chi connectivity index (χ4v) is 3.76. The van der Waals surface area contributed by atoms with Crippen molar-refractivity contribution in [2.75, 3.05) is 18.5 Å². The summed E-state index contributed by atoms with van der Waals surface area (Å²) in [6.45, 7) is 3.32. The van der Waals surface area contributed by atoms with E-state index in [2.05, 4.69) is 30.4 Å². The number of carboxylic acids is 1. The van der Waals surface area contributed by atoms with Crippen LogP contribution in [0.15, 0.2) is 36.4 Å². The molecule has 0 spiro atoms. The van der Waals surface area contributed by atoms with Gasteiger partial charge in [0.1, 0.15) is 16.5 Å². The summed E-state index contributed by atoms with van der Waals surface area (Å²) < 4.78 is 0. The standard InChI is InChI=1S/C20H23N3O2S.C2H7NO/c1-2-15-12-16-19(21-13-14-8-4-3-5-9-14)22-17(23-20(16)26-15)10-6-7-11-18(24)25;3-1-2-4/h3-5,8-9,12H,2,6-7,10-11,13H2,1H3,(H,24,25)(H,21,22,23);4H,1-3H2. The Morgan fingerprint density at radius 2 is 1.93 bits per heavy atom. The first-order valence-corrected chi connectivity index (χ1v) is 11.0. The Bertz CT molecular complexity index is 913. The summed E-state index contributed by atoms with van der Waals surface area (Å²) in [5.41, 5.74) is 5.98. The van der Waals surface area contributed by atoms with Gasteiger partial charge < -0.3 is 21.3 Å². The van der Waals surface area contributed by atoms with Crippen molar-refractivity contribution in [3.63, 3.8) is 0 Å². The molecule has 0 aliphatic carbocycles. The number of unbranched alkanes of at least 4 members (excludes halogenated alkanes) is 1. The number of fused-ring (bicyclic) bond motifs is 1. The number of rotatable bonds is 10. The molecule has 0 aliphatic rings. The van der Waals surface area contributed by atoms with Crippen molar-refractivity contribution in [1.29, 1.82) is 0 Å². The third-order valence-electron chi connectivity index (χ3n) is 4.31. The first-order chi connectivity index (χ1) is 14.6. The minimum atomic E-state index is -0.752. The second-order valence-corrected chi connectivity index (χ2v) is 7.84. The van der Waals surface area contributed by atoms with Gasteiger partial charge in [0.05, 0.1) is 12.0 Å². The number of carboxylic acid groups (broad SMARTS) is 1. The van der Waals surface area contributed by atoms with Gasteiger partial charge in [0.2, 0.25) is 0 Å². The molecular weight excluding hydrogens is 400 g/mol. The molecule has 1 aromatic carbocycles. The van der Waals surface area contributed by atoms with E-state index in [1.165, 1.54) is 10.4 Å². The van der Waals surface area contributed by atoms with E-state index in [0.717, 1.165) is 34.7 Å². The van der Waals surface area contributed by atoms with Crippen molar-refractivity contribution < 1.29 is 15.0 Å². The van der Waals surface area contributed by atoms with Crippen LogP contribution in [0.4, 0.5) is 5.82 Å². The van der Waals surface area contributed by atoms with Crippen LogP contribution in [-0.4, -0.2) is 39.3 Å². The molecule has 0 saturated carbocycles. The molecule has 7 nitrogen and oxygen atoms in total. The van der Waals surface area contributed by atoms with E-state index in [4.69, 9.17) is 25.9 Å². The first-order valence-electron chi connectivity index (χ1n) is 10.2. The molecule has 0 amide bonds. The normalized spacial score (nSPS) is 10.5. The molecule has 0 atom stereocenters. The zero-order valence-corrected chi connectivity index (χ0v) is 18.1. The highest BCUT2D eigenvalue weighted by atomic mass is 32.1. The number of nitrogens with one attached hydrogen (secondary N) is 1. The fraction of sp³-hybridized carbons (Fsp3) is 0.409. The Morgan fingerprint density at radius 3 is 2.57 bits per heavy atom. The third-order valence-corrected chi connectivity index (χ3v) is 5.48. The minimum Gasteiger partial charge on any atom is -0.481 e. The molecule has 0 radical (unpaired) electrons. The lowest BCUT2D eigenvalue weighted by atomic mass is 10.2. The van der Waals surface area contributed by atoms with Gasteiger partial charge in [0, 0.05) is 30.8 Å². The molecule has 0 unspecified atom stereocenters. The van der Waals surface area contributed by atoms with Crippen LogP contribution < -0.4 is 11.1 Å². The number of aliphatic carboxylic acids is 1. The van der Waals surface area contributed by atoms with E-state index < -0.39 is 5.97 Å². The lowest BCUT2D eigenvalue weighted by Gasteiger charge is -2.09. The van der Waals surface area contributed by atoms with E-state index in [1.807, 2.05) is 18.2 Å². The average Bonchev–Trinajstić information content (AvgIpc) is 3.19. The van der Waals surface area contributed by atoms with Crippen LogP contribution in [0.1, 0.15) is 42.5 Å².